The Morgan fingerprint density at radius 1 is 1.26 bits per heavy atom. The van der Waals surface area contributed by atoms with Crippen LogP contribution in [0.15, 0.2) is 18.3 Å². The largest absolute Gasteiger partial charge is 0.470 e. The molecule has 4 rings (SSSR count). The molecule has 1 aliphatic heterocycles. The number of alkyl halides is 2. The summed E-state index contributed by atoms with van der Waals surface area (Å²) in [5, 5.41) is 14.1. The Balaban J connectivity index is 1.51. The van der Waals surface area contributed by atoms with Crippen LogP contribution in [0, 0.1) is 11.3 Å². The number of aromatic nitrogens is 4. The van der Waals surface area contributed by atoms with E-state index in [1.54, 1.807) is 30.2 Å². The van der Waals surface area contributed by atoms with Gasteiger partial charge in [0.25, 0.3) is 5.95 Å². The van der Waals surface area contributed by atoms with Crippen molar-refractivity contribution >= 4 is 5.91 Å². The minimum absolute atomic E-state index is 0.0766. The maximum absolute atomic E-state index is 13.6. The highest BCUT2D eigenvalue weighted by Gasteiger charge is 2.38. The van der Waals surface area contributed by atoms with E-state index in [0.717, 1.165) is 0 Å². The van der Waals surface area contributed by atoms with Gasteiger partial charge in [0, 0.05) is 30.5 Å². The Kier molecular flexibility index (Phi) is 6.63. The Bertz CT molecular complexity index is 1020. The van der Waals surface area contributed by atoms with Gasteiger partial charge in [0.2, 0.25) is 17.7 Å². The fourth-order valence-electron chi connectivity index (χ4n) is 4.32. The van der Waals surface area contributed by atoms with Gasteiger partial charge in [-0.15, -0.1) is 0 Å². The van der Waals surface area contributed by atoms with Crippen molar-refractivity contribution in [3.8, 4) is 11.8 Å². The average Bonchev–Trinajstić information content (AvgIpc) is 3.21. The molecule has 1 amide bonds. The molecule has 2 aromatic rings. The number of nitrogens with zero attached hydrogens (tertiary/aromatic N) is 5. The quantitative estimate of drug-likeness (QED) is 0.682. The minimum atomic E-state index is -2.57. The van der Waals surface area contributed by atoms with Crippen LogP contribution in [0.5, 0.6) is 5.88 Å². The highest BCUT2D eigenvalue weighted by atomic mass is 19.3. The van der Waals surface area contributed by atoms with E-state index in [0.29, 0.717) is 55.6 Å². The first-order valence-corrected chi connectivity index (χ1v) is 11.9. The van der Waals surface area contributed by atoms with Crippen LogP contribution in [0.4, 0.5) is 8.78 Å². The molecule has 1 unspecified atom stereocenters. The zero-order valence-electron chi connectivity index (χ0n) is 20.2. The Hall–Kier alpha value is -2.62. The number of carbonyl (C=O) groups excluding carboxylic acids is 1. The summed E-state index contributed by atoms with van der Waals surface area (Å²) in [6.45, 7) is 8.25. The third kappa shape index (κ3) is 5.71. The van der Waals surface area contributed by atoms with Gasteiger partial charge in [0.1, 0.15) is 6.10 Å². The summed E-state index contributed by atoms with van der Waals surface area (Å²) < 4.78 is 34.7. The average molecular weight is 478 g/mol. The molecule has 1 saturated heterocycles. The van der Waals surface area contributed by atoms with Crippen LogP contribution in [-0.4, -0.2) is 60.8 Å². The number of ether oxygens (including phenoxy) is 1. The van der Waals surface area contributed by atoms with Gasteiger partial charge in [-0.25, -0.2) is 18.4 Å². The molecule has 10 heteroatoms. The lowest BCUT2D eigenvalue weighted by Crippen LogP contribution is -2.58. The van der Waals surface area contributed by atoms with E-state index in [1.807, 2.05) is 20.8 Å². The second kappa shape index (κ2) is 9.20. The van der Waals surface area contributed by atoms with E-state index in [9.17, 15) is 18.7 Å². The molecule has 0 spiro atoms. The van der Waals surface area contributed by atoms with Gasteiger partial charge in [-0.3, -0.25) is 4.79 Å². The van der Waals surface area contributed by atoms with Crippen LogP contribution in [0.2, 0.25) is 0 Å². The van der Waals surface area contributed by atoms with Crippen LogP contribution in [0.25, 0.3) is 5.95 Å². The fraction of sp³-hybridized carbons (Fsp3) is 0.667. The van der Waals surface area contributed by atoms with E-state index in [2.05, 4.69) is 15.1 Å². The molecule has 2 fully saturated rings. The third-order valence-corrected chi connectivity index (χ3v) is 6.39. The fourth-order valence-corrected chi connectivity index (χ4v) is 4.32. The van der Waals surface area contributed by atoms with Crippen molar-refractivity contribution in [2.24, 2.45) is 11.3 Å². The third-order valence-electron chi connectivity index (χ3n) is 6.39. The van der Waals surface area contributed by atoms with Gasteiger partial charge >= 0.3 is 0 Å². The number of amides is 1. The Labute approximate surface area is 198 Å². The number of hydrogen-bond acceptors (Lipinski definition) is 6. The second-order valence-corrected chi connectivity index (χ2v) is 10.6. The molecular formula is C24H33F2N5O3. The highest BCUT2D eigenvalue weighted by molar-refractivity contribution is 5.82. The van der Waals surface area contributed by atoms with Crippen molar-refractivity contribution < 1.29 is 23.4 Å². The van der Waals surface area contributed by atoms with Gasteiger partial charge in [0.05, 0.1) is 30.6 Å². The molecule has 1 N–H and O–H groups in total. The number of aliphatic hydroxyl groups excluding tert-OH is 1. The standard InChI is InChI=1S/C24H33F2N5O3/c1-15(32)19-7-10-31(29-19)22-27-17(11-16-5-8-24(25,26)9-6-16)12-20(28-22)34-18-13-30(14-18)21(33)23(2,3)4/h7,10,12,15-16,18,32H,5-6,8-9,11,13-14H2,1-4H3. The summed E-state index contributed by atoms with van der Waals surface area (Å²) in [5.41, 5.74) is 0.742. The van der Waals surface area contributed by atoms with Gasteiger partial charge in [0.15, 0.2) is 0 Å². The zero-order valence-corrected chi connectivity index (χ0v) is 20.2. The number of likely N-dealkylation sites (tertiary alicyclic amines) is 1. The molecule has 34 heavy (non-hydrogen) atoms. The highest BCUT2D eigenvalue weighted by Crippen LogP contribution is 2.37. The Morgan fingerprint density at radius 2 is 1.94 bits per heavy atom. The monoisotopic (exact) mass is 477 g/mol. The lowest BCUT2D eigenvalue weighted by Gasteiger charge is -2.41. The van der Waals surface area contributed by atoms with Crippen molar-refractivity contribution in [3.05, 3.63) is 29.7 Å². The number of aliphatic hydroxyl groups is 1. The van der Waals surface area contributed by atoms with Crippen molar-refractivity contribution in [2.75, 3.05) is 13.1 Å². The SMILES string of the molecule is CC(O)c1ccn(-c2nc(CC3CCC(F)(F)CC3)cc(OC3CN(C(=O)C(C)(C)C)C3)n2)n1. The zero-order chi connectivity index (χ0) is 24.7. The molecule has 1 saturated carbocycles. The molecule has 8 nitrogen and oxygen atoms in total. The van der Waals surface area contributed by atoms with Gasteiger partial charge in [-0.1, -0.05) is 20.8 Å². The van der Waals surface area contributed by atoms with Crippen LogP contribution in [0.1, 0.15) is 70.9 Å². The van der Waals surface area contributed by atoms with E-state index < -0.39 is 17.4 Å². The van der Waals surface area contributed by atoms with Crippen LogP contribution in [0.3, 0.4) is 0 Å². The van der Waals surface area contributed by atoms with Gasteiger partial charge in [-0.05, 0) is 38.2 Å². The maximum atomic E-state index is 13.6. The van der Waals surface area contributed by atoms with Crippen LogP contribution < -0.4 is 4.74 Å². The topological polar surface area (TPSA) is 93.4 Å². The maximum Gasteiger partial charge on any atom is 0.254 e. The van der Waals surface area contributed by atoms with Crippen LogP contribution in [-0.2, 0) is 11.2 Å². The minimum Gasteiger partial charge on any atom is -0.470 e. The lowest BCUT2D eigenvalue weighted by molar-refractivity contribution is -0.148. The molecule has 1 atom stereocenters. The molecule has 2 aromatic heterocycles. The number of halogens is 2. The molecule has 2 aliphatic rings. The van der Waals surface area contributed by atoms with E-state index in [4.69, 9.17) is 4.74 Å². The van der Waals surface area contributed by atoms with Crippen molar-refractivity contribution in [1.82, 2.24) is 24.6 Å². The van der Waals surface area contributed by atoms with E-state index >= 15 is 0 Å². The smallest absolute Gasteiger partial charge is 0.254 e. The van der Waals surface area contributed by atoms with Crippen molar-refractivity contribution in [2.45, 2.75) is 77.9 Å². The molecule has 0 radical (unpaired) electrons. The first kappa shape index (κ1) is 24.5. The van der Waals surface area contributed by atoms with Gasteiger partial charge in [-0.2, -0.15) is 10.1 Å². The molecule has 0 bridgehead atoms. The summed E-state index contributed by atoms with van der Waals surface area (Å²) in [7, 11) is 0. The second-order valence-electron chi connectivity index (χ2n) is 10.6. The predicted molar refractivity (Wildman–Crippen MR) is 121 cm³/mol. The first-order valence-electron chi connectivity index (χ1n) is 11.9. The molecule has 3 heterocycles. The Morgan fingerprint density at radius 3 is 2.53 bits per heavy atom. The lowest BCUT2D eigenvalue weighted by atomic mass is 9.84. The summed E-state index contributed by atoms with van der Waals surface area (Å²) in [6.07, 6.45) is 1.99. The van der Waals surface area contributed by atoms with E-state index in [-0.39, 0.29) is 30.8 Å². The molecule has 1 aliphatic carbocycles. The van der Waals surface area contributed by atoms with Crippen molar-refractivity contribution in [3.63, 3.8) is 0 Å². The normalized spacial score (nSPS) is 20.1. The van der Waals surface area contributed by atoms with Crippen molar-refractivity contribution in [1.29, 1.82) is 0 Å². The summed E-state index contributed by atoms with van der Waals surface area (Å²) >= 11 is 0. The number of hydrogen-bond donors (Lipinski definition) is 1. The molecule has 0 aromatic carbocycles. The number of rotatable bonds is 6. The molecule has 186 valence electrons. The van der Waals surface area contributed by atoms with Gasteiger partial charge < -0.3 is 14.7 Å². The summed E-state index contributed by atoms with van der Waals surface area (Å²) in [6, 6.07) is 3.44. The first-order chi connectivity index (χ1) is 15.9. The predicted octanol–water partition coefficient (Wildman–Crippen LogP) is 3.72. The summed E-state index contributed by atoms with van der Waals surface area (Å²) in [4.78, 5) is 23.3. The van der Waals surface area contributed by atoms with E-state index in [1.165, 1.54) is 4.68 Å². The molecular weight excluding hydrogens is 444 g/mol. The van der Waals surface area contributed by atoms with Crippen LogP contribution >= 0.6 is 0 Å². The summed E-state index contributed by atoms with van der Waals surface area (Å²) in [5.74, 6) is -1.72. The number of carbonyl (C=O) groups is 1.